The Hall–Kier alpha value is -2.33. The van der Waals surface area contributed by atoms with Crippen molar-refractivity contribution in [3.8, 4) is 5.75 Å². The molecule has 1 atom stereocenters. The molecule has 4 heteroatoms. The largest absolute Gasteiger partial charge is 0.489 e. The second-order valence-corrected chi connectivity index (χ2v) is 5.44. The van der Waals surface area contributed by atoms with Crippen LogP contribution in [0.1, 0.15) is 28.4 Å². The van der Waals surface area contributed by atoms with Gasteiger partial charge in [-0.05, 0) is 42.7 Å². The summed E-state index contributed by atoms with van der Waals surface area (Å²) in [6.07, 6.45) is -0.721. The lowest BCUT2D eigenvalue weighted by atomic mass is 10.1. The quantitative estimate of drug-likeness (QED) is 0.762. The first-order valence-corrected chi connectivity index (χ1v) is 7.44. The van der Waals surface area contributed by atoms with Crippen molar-refractivity contribution >= 4 is 5.97 Å². The molecule has 2 aromatic carbocycles. The zero-order valence-electron chi connectivity index (χ0n) is 14.0. The zero-order valence-corrected chi connectivity index (χ0v) is 14.0. The third kappa shape index (κ3) is 4.33. The maximum absolute atomic E-state index is 11.7. The number of carbonyl (C=O) groups excluding carboxylic acids is 1. The summed E-state index contributed by atoms with van der Waals surface area (Å²) in [4.78, 5) is 11.7. The minimum absolute atomic E-state index is 0.417. The molecule has 23 heavy (non-hydrogen) atoms. The van der Waals surface area contributed by atoms with Gasteiger partial charge in [0, 0.05) is 7.11 Å². The highest BCUT2D eigenvalue weighted by atomic mass is 16.6. The van der Waals surface area contributed by atoms with Crippen LogP contribution in [0, 0.1) is 13.8 Å². The maximum atomic E-state index is 11.7. The topological polar surface area (TPSA) is 44.8 Å². The number of aryl methyl sites for hydroxylation is 2. The van der Waals surface area contributed by atoms with Gasteiger partial charge in [0.15, 0.2) is 6.10 Å². The van der Waals surface area contributed by atoms with Gasteiger partial charge in [0.05, 0.1) is 7.11 Å². The van der Waals surface area contributed by atoms with E-state index in [1.165, 1.54) is 19.8 Å². The summed E-state index contributed by atoms with van der Waals surface area (Å²) in [5.41, 5.74) is 4.03. The average Bonchev–Trinajstić information content (AvgIpc) is 2.55. The molecule has 0 heterocycles. The second-order valence-electron chi connectivity index (χ2n) is 5.44. The predicted octanol–water partition coefficient (Wildman–Crippen LogP) is 3.74. The normalized spacial score (nSPS) is 11.8. The number of ether oxygens (including phenoxy) is 3. The van der Waals surface area contributed by atoms with E-state index >= 15 is 0 Å². The van der Waals surface area contributed by atoms with Gasteiger partial charge in [-0.3, -0.25) is 0 Å². The van der Waals surface area contributed by atoms with Crippen LogP contribution >= 0.6 is 0 Å². The monoisotopic (exact) mass is 314 g/mol. The zero-order chi connectivity index (χ0) is 16.8. The molecule has 0 aliphatic carbocycles. The van der Waals surface area contributed by atoms with Crippen molar-refractivity contribution in [1.29, 1.82) is 0 Å². The molecule has 2 aromatic rings. The first kappa shape index (κ1) is 17.0. The Labute approximate surface area is 137 Å². The van der Waals surface area contributed by atoms with Gasteiger partial charge >= 0.3 is 5.97 Å². The Morgan fingerprint density at radius 1 is 1.09 bits per heavy atom. The van der Waals surface area contributed by atoms with E-state index in [-0.39, 0.29) is 0 Å². The van der Waals surface area contributed by atoms with Gasteiger partial charge in [-0.1, -0.05) is 35.9 Å². The first-order chi connectivity index (χ1) is 11.0. The Balaban J connectivity index is 2.12. The van der Waals surface area contributed by atoms with Crippen molar-refractivity contribution in [2.75, 3.05) is 14.2 Å². The van der Waals surface area contributed by atoms with E-state index in [0.29, 0.717) is 6.61 Å². The van der Waals surface area contributed by atoms with Crippen LogP contribution in [0.4, 0.5) is 0 Å². The SMILES string of the molecule is COC(=O)C(OC)c1cccc(COc2ccc(C)cc2C)c1. The van der Waals surface area contributed by atoms with Crippen LogP contribution in [0.2, 0.25) is 0 Å². The maximum Gasteiger partial charge on any atom is 0.339 e. The Bertz CT molecular complexity index is 679. The highest BCUT2D eigenvalue weighted by Gasteiger charge is 2.20. The molecule has 0 amide bonds. The van der Waals surface area contributed by atoms with Crippen LogP contribution in [0.25, 0.3) is 0 Å². The van der Waals surface area contributed by atoms with Gasteiger partial charge in [0.25, 0.3) is 0 Å². The molecule has 122 valence electrons. The van der Waals surface area contributed by atoms with E-state index < -0.39 is 12.1 Å². The van der Waals surface area contributed by atoms with E-state index in [9.17, 15) is 4.79 Å². The highest BCUT2D eigenvalue weighted by Crippen LogP contribution is 2.22. The lowest BCUT2D eigenvalue weighted by molar-refractivity contribution is -0.152. The molecular formula is C19H22O4. The first-order valence-electron chi connectivity index (χ1n) is 7.44. The number of carbonyl (C=O) groups is 1. The molecule has 0 fully saturated rings. The average molecular weight is 314 g/mol. The van der Waals surface area contributed by atoms with Crippen LogP contribution in [-0.2, 0) is 20.9 Å². The molecule has 0 bridgehead atoms. The summed E-state index contributed by atoms with van der Waals surface area (Å²) in [5.74, 6) is 0.442. The Morgan fingerprint density at radius 2 is 1.87 bits per heavy atom. The lowest BCUT2D eigenvalue weighted by Crippen LogP contribution is -2.16. The Morgan fingerprint density at radius 3 is 2.52 bits per heavy atom. The van der Waals surface area contributed by atoms with Crippen molar-refractivity contribution < 1.29 is 19.0 Å². The van der Waals surface area contributed by atoms with Crippen molar-refractivity contribution in [3.05, 3.63) is 64.7 Å². The fourth-order valence-corrected chi connectivity index (χ4v) is 2.44. The molecular weight excluding hydrogens is 292 g/mol. The molecule has 0 aromatic heterocycles. The predicted molar refractivity (Wildman–Crippen MR) is 88.5 cm³/mol. The minimum atomic E-state index is -0.721. The lowest BCUT2D eigenvalue weighted by Gasteiger charge is -2.15. The molecule has 0 saturated carbocycles. The smallest absolute Gasteiger partial charge is 0.339 e. The van der Waals surface area contributed by atoms with Gasteiger partial charge in [0.2, 0.25) is 0 Å². The number of esters is 1. The van der Waals surface area contributed by atoms with E-state index in [1.807, 2.05) is 43.3 Å². The standard InChI is InChI=1S/C19H22O4/c1-13-8-9-17(14(2)10-13)23-12-15-6-5-7-16(11-15)18(21-3)19(20)22-4/h5-11,18H,12H2,1-4H3. The van der Waals surface area contributed by atoms with Crippen LogP contribution < -0.4 is 4.74 Å². The molecule has 0 radical (unpaired) electrons. The summed E-state index contributed by atoms with van der Waals surface area (Å²) in [5, 5.41) is 0. The van der Waals surface area contributed by atoms with Gasteiger partial charge in [-0.25, -0.2) is 4.79 Å². The van der Waals surface area contributed by atoms with E-state index in [4.69, 9.17) is 14.2 Å². The van der Waals surface area contributed by atoms with Crippen LogP contribution in [0.3, 0.4) is 0 Å². The summed E-state index contributed by atoms with van der Waals surface area (Å²) in [6, 6.07) is 13.7. The van der Waals surface area contributed by atoms with Crippen LogP contribution in [-0.4, -0.2) is 20.2 Å². The summed E-state index contributed by atoms with van der Waals surface area (Å²) in [7, 11) is 2.84. The summed E-state index contributed by atoms with van der Waals surface area (Å²) >= 11 is 0. The highest BCUT2D eigenvalue weighted by molar-refractivity contribution is 5.76. The van der Waals surface area contributed by atoms with Crippen LogP contribution in [0.15, 0.2) is 42.5 Å². The van der Waals surface area contributed by atoms with E-state index in [2.05, 4.69) is 13.0 Å². The van der Waals surface area contributed by atoms with E-state index in [1.54, 1.807) is 0 Å². The minimum Gasteiger partial charge on any atom is -0.489 e. The van der Waals surface area contributed by atoms with Gasteiger partial charge in [-0.15, -0.1) is 0 Å². The fourth-order valence-electron chi connectivity index (χ4n) is 2.44. The molecule has 0 saturated heterocycles. The van der Waals surface area contributed by atoms with Crippen molar-refractivity contribution in [2.24, 2.45) is 0 Å². The van der Waals surface area contributed by atoms with Gasteiger partial charge < -0.3 is 14.2 Å². The third-order valence-electron chi connectivity index (χ3n) is 3.63. The fraction of sp³-hybridized carbons (Fsp3) is 0.316. The molecule has 2 rings (SSSR count). The number of methoxy groups -OCH3 is 2. The van der Waals surface area contributed by atoms with Crippen molar-refractivity contribution in [2.45, 2.75) is 26.6 Å². The number of hydrogen-bond donors (Lipinski definition) is 0. The summed E-state index contributed by atoms with van der Waals surface area (Å²) in [6.45, 7) is 4.50. The molecule has 0 N–H and O–H groups in total. The Kier molecular flexibility index (Phi) is 5.77. The number of hydrogen-bond acceptors (Lipinski definition) is 4. The van der Waals surface area contributed by atoms with E-state index in [0.717, 1.165) is 22.4 Å². The van der Waals surface area contributed by atoms with Crippen molar-refractivity contribution in [1.82, 2.24) is 0 Å². The van der Waals surface area contributed by atoms with Gasteiger partial charge in [-0.2, -0.15) is 0 Å². The second kappa shape index (κ2) is 7.79. The number of rotatable bonds is 6. The molecule has 0 spiro atoms. The number of benzene rings is 2. The molecule has 0 aliphatic rings. The summed E-state index contributed by atoms with van der Waals surface area (Å²) < 4.78 is 15.9. The van der Waals surface area contributed by atoms with Crippen molar-refractivity contribution in [3.63, 3.8) is 0 Å². The molecule has 1 unspecified atom stereocenters. The van der Waals surface area contributed by atoms with Gasteiger partial charge in [0.1, 0.15) is 12.4 Å². The molecule has 0 aliphatic heterocycles. The van der Waals surface area contributed by atoms with Crippen LogP contribution in [0.5, 0.6) is 5.75 Å². The third-order valence-corrected chi connectivity index (χ3v) is 3.63. The molecule has 4 nitrogen and oxygen atoms in total.